The van der Waals surface area contributed by atoms with Crippen molar-refractivity contribution in [1.82, 2.24) is 0 Å². The van der Waals surface area contributed by atoms with Crippen LogP contribution in [0.2, 0.25) is 0 Å². The molecule has 0 aliphatic carbocycles. The minimum atomic E-state index is -5.56. The molecular formula is C10H7BrF6O. The molecule has 18 heavy (non-hydrogen) atoms. The molecule has 0 aromatic heterocycles. The predicted molar refractivity (Wildman–Crippen MR) is 55.7 cm³/mol. The molecule has 0 bridgehead atoms. The molecule has 0 fully saturated rings. The molecule has 0 amide bonds. The van der Waals surface area contributed by atoms with Crippen molar-refractivity contribution in [2.45, 2.75) is 16.7 Å². The summed E-state index contributed by atoms with van der Waals surface area (Å²) < 4.78 is 77.1. The van der Waals surface area contributed by atoms with Gasteiger partial charge >= 0.3 is 12.4 Å². The fourth-order valence-electron chi connectivity index (χ4n) is 1.40. The van der Waals surface area contributed by atoms with Crippen molar-refractivity contribution in [2.24, 2.45) is 0 Å². The van der Waals surface area contributed by atoms with Crippen LogP contribution >= 0.6 is 15.9 Å². The van der Waals surface area contributed by atoms with Crippen LogP contribution in [0.4, 0.5) is 26.3 Å². The molecule has 0 saturated carbocycles. The molecule has 0 N–H and O–H groups in total. The highest BCUT2D eigenvalue weighted by Crippen LogP contribution is 2.58. The Hall–Kier alpha value is -0.920. The van der Waals surface area contributed by atoms with E-state index in [1.54, 1.807) is 15.9 Å². The molecular weight excluding hydrogens is 330 g/mol. The number of halogens is 7. The maximum Gasteiger partial charge on any atom is 0.416 e. The van der Waals surface area contributed by atoms with Gasteiger partial charge in [-0.1, -0.05) is 34.1 Å². The second kappa shape index (κ2) is 4.64. The summed E-state index contributed by atoms with van der Waals surface area (Å²) in [5.74, 6) is -0.496. The van der Waals surface area contributed by atoms with Crippen LogP contribution < -0.4 is 4.74 Å². The summed E-state index contributed by atoms with van der Waals surface area (Å²) in [6, 6.07) is 4.10. The molecule has 1 nitrogen and oxygen atoms in total. The summed E-state index contributed by atoms with van der Waals surface area (Å²) in [4.78, 5) is 0. The van der Waals surface area contributed by atoms with Crippen molar-refractivity contribution in [1.29, 1.82) is 0 Å². The third-order valence-electron chi connectivity index (χ3n) is 2.26. The summed E-state index contributed by atoms with van der Waals surface area (Å²) >= 11 is 1.80. The maximum atomic E-state index is 12.8. The Bertz CT molecular complexity index is 411. The first kappa shape index (κ1) is 15.1. The van der Waals surface area contributed by atoms with Gasteiger partial charge in [-0.05, 0) is 6.07 Å². The average Bonchev–Trinajstić information content (AvgIpc) is 2.24. The molecule has 0 spiro atoms. The van der Waals surface area contributed by atoms with Crippen LogP contribution in [0.3, 0.4) is 0 Å². The molecule has 0 aliphatic rings. The highest BCUT2D eigenvalue weighted by molar-refractivity contribution is 9.09. The van der Waals surface area contributed by atoms with E-state index >= 15 is 0 Å². The van der Waals surface area contributed by atoms with Crippen molar-refractivity contribution < 1.29 is 31.1 Å². The fraction of sp³-hybridized carbons (Fsp3) is 0.400. The smallest absolute Gasteiger partial charge is 0.416 e. The summed E-state index contributed by atoms with van der Waals surface area (Å²) in [6.45, 7) is 0. The fourth-order valence-corrected chi connectivity index (χ4v) is 1.72. The third-order valence-corrected chi connectivity index (χ3v) is 3.59. The first-order valence-electron chi connectivity index (χ1n) is 4.51. The molecule has 0 unspecified atom stereocenters. The van der Waals surface area contributed by atoms with Gasteiger partial charge in [0.25, 0.3) is 0 Å². The van der Waals surface area contributed by atoms with E-state index in [4.69, 9.17) is 0 Å². The number of benzene rings is 1. The minimum absolute atomic E-state index is 0.496. The largest absolute Gasteiger partial charge is 0.496 e. The molecule has 8 heteroatoms. The summed E-state index contributed by atoms with van der Waals surface area (Å²) in [6.07, 6.45) is -11.1. The molecule has 0 radical (unpaired) electrons. The van der Waals surface area contributed by atoms with Crippen LogP contribution in [0.5, 0.6) is 5.75 Å². The van der Waals surface area contributed by atoms with Crippen LogP contribution in [-0.2, 0) is 4.32 Å². The molecule has 0 aliphatic heterocycles. The zero-order chi connectivity index (χ0) is 14.2. The van der Waals surface area contributed by atoms with E-state index in [0.29, 0.717) is 6.07 Å². The van der Waals surface area contributed by atoms with E-state index in [1.807, 2.05) is 0 Å². The second-order valence-electron chi connectivity index (χ2n) is 3.35. The van der Waals surface area contributed by atoms with Crippen LogP contribution in [0.1, 0.15) is 5.56 Å². The molecule has 0 heterocycles. The van der Waals surface area contributed by atoms with Gasteiger partial charge in [0.15, 0.2) is 0 Å². The van der Waals surface area contributed by atoms with E-state index in [2.05, 4.69) is 4.74 Å². The van der Waals surface area contributed by atoms with Crippen LogP contribution in [0.15, 0.2) is 24.3 Å². The van der Waals surface area contributed by atoms with Crippen molar-refractivity contribution in [2.75, 3.05) is 7.11 Å². The predicted octanol–water partition coefficient (Wildman–Crippen LogP) is 4.41. The van der Waals surface area contributed by atoms with Gasteiger partial charge in [0.2, 0.25) is 4.32 Å². The number of para-hydroxylation sites is 1. The summed E-state index contributed by atoms with van der Waals surface area (Å²) in [5, 5.41) is 0. The number of rotatable bonds is 2. The summed E-state index contributed by atoms with van der Waals surface area (Å²) in [7, 11) is 0.999. The van der Waals surface area contributed by atoms with Gasteiger partial charge in [0.05, 0.1) is 7.11 Å². The first-order valence-corrected chi connectivity index (χ1v) is 5.31. The molecule has 0 saturated heterocycles. The Morgan fingerprint density at radius 3 is 1.78 bits per heavy atom. The number of alkyl halides is 7. The minimum Gasteiger partial charge on any atom is -0.496 e. The van der Waals surface area contributed by atoms with Gasteiger partial charge in [-0.3, -0.25) is 0 Å². The normalized spacial score (nSPS) is 13.6. The highest BCUT2D eigenvalue weighted by Gasteiger charge is 2.71. The lowest BCUT2D eigenvalue weighted by Gasteiger charge is -2.33. The van der Waals surface area contributed by atoms with E-state index in [-0.39, 0.29) is 0 Å². The Kier molecular flexibility index (Phi) is 3.90. The monoisotopic (exact) mass is 336 g/mol. The Morgan fingerprint density at radius 2 is 1.39 bits per heavy atom. The van der Waals surface area contributed by atoms with E-state index in [1.165, 1.54) is 6.07 Å². The van der Waals surface area contributed by atoms with E-state index in [9.17, 15) is 26.3 Å². The first-order chi connectivity index (χ1) is 8.05. The van der Waals surface area contributed by atoms with Crippen molar-refractivity contribution in [3.63, 3.8) is 0 Å². The standard InChI is InChI=1S/C10H7BrF6O/c1-18-7-5-3-2-4-6(7)8(11,9(12,13)14)10(15,16)17/h2-5H,1H3. The highest BCUT2D eigenvalue weighted by atomic mass is 79.9. The van der Waals surface area contributed by atoms with Crippen LogP contribution in [0.25, 0.3) is 0 Å². The number of hydrogen-bond acceptors (Lipinski definition) is 1. The quantitative estimate of drug-likeness (QED) is 0.574. The van der Waals surface area contributed by atoms with Gasteiger partial charge in [0.1, 0.15) is 5.75 Å². The van der Waals surface area contributed by atoms with Gasteiger partial charge in [-0.25, -0.2) is 0 Å². The lowest BCUT2D eigenvalue weighted by Crippen LogP contribution is -2.49. The van der Waals surface area contributed by atoms with Crippen molar-refractivity contribution in [3.05, 3.63) is 29.8 Å². The van der Waals surface area contributed by atoms with Crippen molar-refractivity contribution >= 4 is 15.9 Å². The van der Waals surface area contributed by atoms with E-state index in [0.717, 1.165) is 19.2 Å². The molecule has 102 valence electrons. The van der Waals surface area contributed by atoms with E-state index < -0.39 is 28.0 Å². The Labute approximate surface area is 107 Å². The van der Waals surface area contributed by atoms with Crippen molar-refractivity contribution in [3.8, 4) is 5.75 Å². The van der Waals surface area contributed by atoms with Crippen LogP contribution in [-0.4, -0.2) is 19.5 Å². The maximum absolute atomic E-state index is 12.8. The molecule has 1 aromatic rings. The summed E-state index contributed by atoms with van der Waals surface area (Å²) in [5.41, 5.74) is -1.03. The van der Waals surface area contributed by atoms with Gasteiger partial charge < -0.3 is 4.74 Å². The lowest BCUT2D eigenvalue weighted by atomic mass is 9.96. The topological polar surface area (TPSA) is 9.23 Å². The third kappa shape index (κ3) is 2.30. The number of ether oxygens (including phenoxy) is 1. The van der Waals surface area contributed by atoms with Crippen LogP contribution in [0, 0.1) is 0 Å². The zero-order valence-corrected chi connectivity index (χ0v) is 10.4. The van der Waals surface area contributed by atoms with Gasteiger partial charge in [-0.15, -0.1) is 0 Å². The van der Waals surface area contributed by atoms with Gasteiger partial charge in [-0.2, -0.15) is 26.3 Å². The Morgan fingerprint density at radius 1 is 0.944 bits per heavy atom. The molecule has 1 aromatic carbocycles. The zero-order valence-electron chi connectivity index (χ0n) is 8.86. The molecule has 1 rings (SSSR count). The molecule has 0 atom stereocenters. The lowest BCUT2D eigenvalue weighted by molar-refractivity contribution is -0.266. The van der Waals surface area contributed by atoms with Gasteiger partial charge in [0, 0.05) is 5.56 Å². The average molecular weight is 337 g/mol. The Balaban J connectivity index is 3.56. The number of methoxy groups -OCH3 is 1. The number of hydrogen-bond donors (Lipinski definition) is 0. The second-order valence-corrected chi connectivity index (χ2v) is 4.54. The SMILES string of the molecule is COc1ccccc1C(Br)(C(F)(F)F)C(F)(F)F.